The van der Waals surface area contributed by atoms with Crippen molar-refractivity contribution in [1.29, 1.82) is 0 Å². The Labute approximate surface area is 210 Å². The Morgan fingerprint density at radius 1 is 0.833 bits per heavy atom. The number of esters is 1. The van der Waals surface area contributed by atoms with Gasteiger partial charge in [-0.3, -0.25) is 0 Å². The molecule has 3 aromatic carbocycles. The molecule has 0 saturated carbocycles. The second kappa shape index (κ2) is 13.7. The van der Waals surface area contributed by atoms with Gasteiger partial charge < -0.3 is 29.4 Å². The predicted molar refractivity (Wildman–Crippen MR) is 134 cm³/mol. The third-order valence-corrected chi connectivity index (χ3v) is 5.35. The van der Waals surface area contributed by atoms with Crippen LogP contribution in [0.5, 0.6) is 11.5 Å². The molecule has 1 amide bonds. The van der Waals surface area contributed by atoms with E-state index in [9.17, 15) is 14.7 Å². The summed E-state index contributed by atoms with van der Waals surface area (Å²) in [6, 6.07) is 22.5. The summed E-state index contributed by atoms with van der Waals surface area (Å²) in [6.45, 7) is 2.38. The summed E-state index contributed by atoms with van der Waals surface area (Å²) in [5.41, 5.74) is 2.29. The zero-order valence-electron chi connectivity index (χ0n) is 20.4. The lowest BCUT2D eigenvalue weighted by Crippen LogP contribution is -2.49. The molecule has 0 aliphatic heterocycles. The molecule has 3 rings (SSSR count). The number of hydrogen-bond donors (Lipinski definition) is 2. The number of hydrogen-bond acceptors (Lipinski definition) is 7. The molecule has 2 unspecified atom stereocenters. The molecule has 0 radical (unpaired) electrons. The van der Waals surface area contributed by atoms with Crippen molar-refractivity contribution < 1.29 is 33.6 Å². The first-order valence-electron chi connectivity index (χ1n) is 11.7. The third-order valence-electron chi connectivity index (χ3n) is 5.35. The molecule has 0 fully saturated rings. The Balaban J connectivity index is 1.71. The zero-order valence-corrected chi connectivity index (χ0v) is 20.4. The third kappa shape index (κ3) is 8.02. The maximum atomic E-state index is 12.7. The first-order chi connectivity index (χ1) is 17.5. The number of nitrogens with one attached hydrogen (secondary N) is 1. The van der Waals surface area contributed by atoms with E-state index in [-0.39, 0.29) is 19.6 Å². The van der Waals surface area contributed by atoms with Gasteiger partial charge in [0.15, 0.2) is 17.6 Å². The molecule has 36 heavy (non-hydrogen) atoms. The minimum absolute atomic E-state index is 0.00121. The maximum absolute atomic E-state index is 12.7. The fraction of sp³-hybridized carbons (Fsp3) is 0.286. The molecule has 190 valence electrons. The highest BCUT2D eigenvalue weighted by atomic mass is 16.6. The van der Waals surface area contributed by atoms with Crippen molar-refractivity contribution in [2.45, 2.75) is 38.7 Å². The van der Waals surface area contributed by atoms with Gasteiger partial charge in [-0.05, 0) is 42.2 Å². The highest BCUT2D eigenvalue weighted by Crippen LogP contribution is 2.28. The molecule has 2 atom stereocenters. The highest BCUT2D eigenvalue weighted by molar-refractivity contribution is 5.77. The molecule has 0 heterocycles. The monoisotopic (exact) mass is 493 g/mol. The summed E-state index contributed by atoms with van der Waals surface area (Å²) in [4.78, 5) is 25.2. The van der Waals surface area contributed by atoms with E-state index in [1.807, 2.05) is 67.6 Å². The Hall–Kier alpha value is -4.04. The smallest absolute Gasteiger partial charge is 0.407 e. The van der Waals surface area contributed by atoms with Crippen molar-refractivity contribution >= 4 is 12.1 Å². The van der Waals surface area contributed by atoms with E-state index in [0.717, 1.165) is 11.1 Å². The van der Waals surface area contributed by atoms with Gasteiger partial charge in [0.25, 0.3) is 0 Å². The number of benzene rings is 3. The van der Waals surface area contributed by atoms with E-state index in [4.69, 9.17) is 18.9 Å². The molecule has 0 aliphatic carbocycles. The number of methoxy groups -OCH3 is 1. The van der Waals surface area contributed by atoms with Crippen molar-refractivity contribution in [3.63, 3.8) is 0 Å². The molecular formula is C28H31NO7. The number of ether oxygens (including phenoxy) is 4. The Morgan fingerprint density at radius 2 is 1.44 bits per heavy atom. The number of carbonyl (C=O) groups excluding carboxylic acids is 2. The van der Waals surface area contributed by atoms with Crippen LogP contribution in [0.3, 0.4) is 0 Å². The second-order valence-corrected chi connectivity index (χ2v) is 7.97. The van der Waals surface area contributed by atoms with E-state index in [0.29, 0.717) is 23.7 Å². The van der Waals surface area contributed by atoms with E-state index in [2.05, 4.69) is 5.32 Å². The van der Waals surface area contributed by atoms with Gasteiger partial charge in [0, 0.05) is 0 Å². The lowest BCUT2D eigenvalue weighted by atomic mass is 10.0. The summed E-state index contributed by atoms with van der Waals surface area (Å²) >= 11 is 0. The number of carbonyl (C=O) groups is 2. The number of aliphatic hydroxyl groups excluding tert-OH is 1. The minimum Gasteiger partial charge on any atom is -0.493 e. The number of aliphatic hydroxyl groups is 1. The van der Waals surface area contributed by atoms with Gasteiger partial charge in [0.05, 0.1) is 19.8 Å². The first-order valence-corrected chi connectivity index (χ1v) is 11.7. The fourth-order valence-electron chi connectivity index (χ4n) is 3.50. The van der Waals surface area contributed by atoms with E-state index >= 15 is 0 Å². The summed E-state index contributed by atoms with van der Waals surface area (Å²) in [5.74, 6) is 0.212. The van der Waals surface area contributed by atoms with Crippen LogP contribution in [0.15, 0.2) is 78.9 Å². The minimum atomic E-state index is -1.63. The van der Waals surface area contributed by atoms with Crippen molar-refractivity contribution in [3.8, 4) is 11.5 Å². The molecular weight excluding hydrogens is 462 g/mol. The molecule has 0 spiro atoms. The molecule has 8 heteroatoms. The van der Waals surface area contributed by atoms with Crippen LogP contribution in [0.1, 0.15) is 23.6 Å². The predicted octanol–water partition coefficient (Wildman–Crippen LogP) is 4.04. The fourth-order valence-corrected chi connectivity index (χ4v) is 3.50. The average Bonchev–Trinajstić information content (AvgIpc) is 2.91. The largest absolute Gasteiger partial charge is 0.493 e. The zero-order chi connectivity index (χ0) is 25.8. The van der Waals surface area contributed by atoms with Crippen LogP contribution in [0, 0.1) is 0 Å². The maximum Gasteiger partial charge on any atom is 0.407 e. The normalized spacial score (nSPS) is 12.2. The quantitative estimate of drug-likeness (QED) is 0.367. The van der Waals surface area contributed by atoms with Gasteiger partial charge in [-0.2, -0.15) is 0 Å². The lowest BCUT2D eigenvalue weighted by Gasteiger charge is -2.23. The summed E-state index contributed by atoms with van der Waals surface area (Å²) < 4.78 is 21.5. The molecule has 3 aromatic rings. The van der Waals surface area contributed by atoms with Crippen molar-refractivity contribution in [2.75, 3.05) is 13.7 Å². The van der Waals surface area contributed by atoms with Crippen LogP contribution in [-0.4, -0.2) is 43.0 Å². The van der Waals surface area contributed by atoms with Crippen molar-refractivity contribution in [2.24, 2.45) is 0 Å². The van der Waals surface area contributed by atoms with E-state index < -0.39 is 24.2 Å². The first kappa shape index (κ1) is 26.6. The topological polar surface area (TPSA) is 103 Å². The molecule has 0 aliphatic rings. The number of rotatable bonds is 12. The van der Waals surface area contributed by atoms with Crippen molar-refractivity contribution in [1.82, 2.24) is 5.32 Å². The van der Waals surface area contributed by atoms with Gasteiger partial charge in [-0.25, -0.2) is 9.59 Å². The van der Waals surface area contributed by atoms with E-state index in [1.54, 1.807) is 18.2 Å². The molecule has 8 nitrogen and oxygen atoms in total. The Bertz CT molecular complexity index is 1110. The summed E-state index contributed by atoms with van der Waals surface area (Å²) in [6.07, 6.45) is -2.28. The second-order valence-electron chi connectivity index (χ2n) is 7.97. The summed E-state index contributed by atoms with van der Waals surface area (Å²) in [7, 11) is 1.52. The molecule has 0 bridgehead atoms. The SMILES string of the molecule is CCOc1ccc(CC(NC(=O)OCc2ccccc2)C(O)C(=O)OCc2ccccc2)cc1OC. The van der Waals surface area contributed by atoms with Gasteiger partial charge in [0.2, 0.25) is 0 Å². The van der Waals surface area contributed by atoms with Gasteiger partial charge >= 0.3 is 12.1 Å². The number of amides is 1. The van der Waals surface area contributed by atoms with Crippen LogP contribution >= 0.6 is 0 Å². The van der Waals surface area contributed by atoms with Crippen LogP contribution in [0.25, 0.3) is 0 Å². The number of alkyl carbamates (subject to hydrolysis) is 1. The highest BCUT2D eigenvalue weighted by Gasteiger charge is 2.30. The summed E-state index contributed by atoms with van der Waals surface area (Å²) in [5, 5.41) is 13.4. The lowest BCUT2D eigenvalue weighted by molar-refractivity contribution is -0.156. The van der Waals surface area contributed by atoms with Crippen LogP contribution < -0.4 is 14.8 Å². The van der Waals surface area contributed by atoms with Crippen LogP contribution in [0.4, 0.5) is 4.79 Å². The Kier molecular flexibility index (Phi) is 10.1. The van der Waals surface area contributed by atoms with Crippen LogP contribution in [-0.2, 0) is 33.9 Å². The van der Waals surface area contributed by atoms with Crippen molar-refractivity contribution in [3.05, 3.63) is 95.6 Å². The van der Waals surface area contributed by atoms with E-state index in [1.165, 1.54) is 7.11 Å². The van der Waals surface area contributed by atoms with Gasteiger partial charge in [-0.15, -0.1) is 0 Å². The molecule has 0 saturated heterocycles. The van der Waals surface area contributed by atoms with Gasteiger partial charge in [0.1, 0.15) is 13.2 Å². The van der Waals surface area contributed by atoms with Crippen LogP contribution in [0.2, 0.25) is 0 Å². The van der Waals surface area contributed by atoms with Gasteiger partial charge in [-0.1, -0.05) is 66.7 Å². The molecule has 0 aromatic heterocycles. The molecule has 2 N–H and O–H groups in total. The average molecular weight is 494 g/mol. The standard InChI is InChI=1S/C28H31NO7/c1-3-34-24-15-14-22(17-25(24)33-2)16-23(29-28(32)36-19-21-12-8-5-9-13-21)26(30)27(31)35-18-20-10-6-4-7-11-20/h4-15,17,23,26,30H,3,16,18-19H2,1-2H3,(H,29,32). The Morgan fingerprint density at radius 3 is 2.03 bits per heavy atom.